The van der Waals surface area contributed by atoms with Crippen molar-refractivity contribution in [3.05, 3.63) is 42.5 Å². The van der Waals surface area contributed by atoms with Gasteiger partial charge in [0, 0.05) is 13.1 Å². The van der Waals surface area contributed by atoms with Crippen molar-refractivity contribution in [1.82, 2.24) is 14.1 Å². The van der Waals surface area contributed by atoms with E-state index in [0.29, 0.717) is 19.0 Å². The summed E-state index contributed by atoms with van der Waals surface area (Å²) in [6.45, 7) is 3.15. The fourth-order valence-electron chi connectivity index (χ4n) is 2.71. The number of rotatable bonds is 4. The smallest absolute Gasteiger partial charge is 0.237 e. The third kappa shape index (κ3) is 2.66. The maximum atomic E-state index is 13.8. The summed E-state index contributed by atoms with van der Waals surface area (Å²) < 4.78 is 41.7. The molecule has 2 aromatic rings. The zero-order valence-electron chi connectivity index (χ0n) is 12.3. The van der Waals surface area contributed by atoms with Crippen molar-refractivity contribution in [2.24, 2.45) is 5.92 Å². The maximum Gasteiger partial charge on any atom is 0.246 e. The first kappa shape index (κ1) is 15.2. The summed E-state index contributed by atoms with van der Waals surface area (Å²) in [5, 5.41) is 3.99. The number of benzene rings is 1. The van der Waals surface area contributed by atoms with Gasteiger partial charge in [-0.2, -0.15) is 9.40 Å². The lowest BCUT2D eigenvalue weighted by Crippen LogP contribution is -2.28. The highest BCUT2D eigenvalue weighted by Gasteiger charge is 2.32. The summed E-state index contributed by atoms with van der Waals surface area (Å²) in [6.07, 6.45) is 4.51. The second-order valence-electron chi connectivity index (χ2n) is 5.50. The number of para-hydroxylation sites is 1. The molecule has 0 N–H and O–H groups in total. The summed E-state index contributed by atoms with van der Waals surface area (Å²) in [7, 11) is -3.55. The molecule has 7 heteroatoms. The van der Waals surface area contributed by atoms with E-state index in [1.807, 2.05) is 0 Å². The molecule has 1 aromatic heterocycles. The predicted octanol–water partition coefficient (Wildman–Crippen LogP) is 2.43. The topological polar surface area (TPSA) is 55.2 Å². The SMILES string of the molecule is CCC1CCN(S(=O)(=O)c2cnn(-c3ccccc3F)c2)C1. The summed E-state index contributed by atoms with van der Waals surface area (Å²) >= 11 is 0. The molecule has 1 atom stereocenters. The van der Waals surface area contributed by atoms with Crippen LogP contribution in [0.5, 0.6) is 0 Å². The van der Waals surface area contributed by atoms with Crippen LogP contribution in [-0.4, -0.2) is 35.6 Å². The highest BCUT2D eigenvalue weighted by Crippen LogP contribution is 2.26. The van der Waals surface area contributed by atoms with E-state index < -0.39 is 15.8 Å². The van der Waals surface area contributed by atoms with Crippen LogP contribution >= 0.6 is 0 Å². The van der Waals surface area contributed by atoms with Gasteiger partial charge in [0.05, 0.1) is 12.4 Å². The van der Waals surface area contributed by atoms with Gasteiger partial charge >= 0.3 is 0 Å². The molecule has 0 radical (unpaired) electrons. The molecule has 1 aromatic carbocycles. The molecule has 0 bridgehead atoms. The Morgan fingerprint density at radius 2 is 2.14 bits per heavy atom. The summed E-state index contributed by atoms with van der Waals surface area (Å²) in [4.78, 5) is 0.104. The van der Waals surface area contributed by atoms with Crippen molar-refractivity contribution < 1.29 is 12.8 Å². The van der Waals surface area contributed by atoms with E-state index in [1.54, 1.807) is 18.2 Å². The fraction of sp³-hybridized carbons (Fsp3) is 0.400. The average Bonchev–Trinajstić information content (AvgIpc) is 3.17. The molecule has 1 saturated heterocycles. The Balaban J connectivity index is 1.89. The van der Waals surface area contributed by atoms with E-state index in [9.17, 15) is 12.8 Å². The van der Waals surface area contributed by atoms with Crippen molar-refractivity contribution in [3.8, 4) is 5.69 Å². The first-order valence-corrected chi connectivity index (χ1v) is 8.76. The zero-order valence-corrected chi connectivity index (χ0v) is 13.1. The lowest BCUT2D eigenvalue weighted by molar-refractivity contribution is 0.453. The van der Waals surface area contributed by atoms with Gasteiger partial charge in [-0.1, -0.05) is 25.5 Å². The number of sulfonamides is 1. The zero-order chi connectivity index (χ0) is 15.7. The minimum atomic E-state index is -3.55. The molecule has 1 unspecified atom stereocenters. The third-order valence-electron chi connectivity index (χ3n) is 4.12. The monoisotopic (exact) mass is 323 g/mol. The second kappa shape index (κ2) is 5.81. The van der Waals surface area contributed by atoms with Gasteiger partial charge in [-0.3, -0.25) is 0 Å². The van der Waals surface area contributed by atoms with Gasteiger partial charge in [0.2, 0.25) is 10.0 Å². The van der Waals surface area contributed by atoms with Crippen LogP contribution in [0.3, 0.4) is 0 Å². The van der Waals surface area contributed by atoms with Crippen LogP contribution in [0.15, 0.2) is 41.6 Å². The molecule has 22 heavy (non-hydrogen) atoms. The van der Waals surface area contributed by atoms with Crippen LogP contribution in [0, 0.1) is 11.7 Å². The Hall–Kier alpha value is -1.73. The highest BCUT2D eigenvalue weighted by atomic mass is 32.2. The molecule has 3 rings (SSSR count). The number of aromatic nitrogens is 2. The quantitative estimate of drug-likeness (QED) is 0.868. The lowest BCUT2D eigenvalue weighted by atomic mass is 10.1. The Morgan fingerprint density at radius 3 is 2.82 bits per heavy atom. The van der Waals surface area contributed by atoms with Gasteiger partial charge < -0.3 is 0 Å². The molecule has 1 aliphatic heterocycles. The maximum absolute atomic E-state index is 13.8. The fourth-order valence-corrected chi connectivity index (χ4v) is 4.17. The molecular formula is C15H18FN3O2S. The molecule has 0 aliphatic carbocycles. The number of nitrogens with zero attached hydrogens (tertiary/aromatic N) is 3. The van der Waals surface area contributed by atoms with E-state index in [-0.39, 0.29) is 10.6 Å². The number of hydrogen-bond donors (Lipinski definition) is 0. The van der Waals surface area contributed by atoms with Gasteiger partial charge in [0.25, 0.3) is 0 Å². The van der Waals surface area contributed by atoms with E-state index in [2.05, 4.69) is 12.0 Å². The molecule has 1 fully saturated rings. The molecule has 0 saturated carbocycles. The van der Waals surface area contributed by atoms with Crippen molar-refractivity contribution >= 4 is 10.0 Å². The van der Waals surface area contributed by atoms with Gasteiger partial charge in [-0.15, -0.1) is 0 Å². The Bertz CT molecular complexity index is 773. The standard InChI is InChI=1S/C15H18FN3O2S/c1-2-12-7-8-18(10-12)22(20,21)13-9-17-19(11-13)15-6-4-3-5-14(15)16/h3-6,9,11-12H,2,7-8,10H2,1H3. The predicted molar refractivity (Wildman–Crippen MR) is 80.7 cm³/mol. The highest BCUT2D eigenvalue weighted by molar-refractivity contribution is 7.89. The van der Waals surface area contributed by atoms with Crippen molar-refractivity contribution in [2.75, 3.05) is 13.1 Å². The normalized spacial score (nSPS) is 19.6. The molecule has 118 valence electrons. The minimum Gasteiger partial charge on any atom is -0.237 e. The van der Waals surface area contributed by atoms with Gasteiger partial charge in [0.1, 0.15) is 16.4 Å². The van der Waals surface area contributed by atoms with E-state index in [1.165, 1.54) is 27.4 Å². The molecular weight excluding hydrogens is 305 g/mol. The van der Waals surface area contributed by atoms with Gasteiger partial charge in [-0.25, -0.2) is 17.5 Å². The van der Waals surface area contributed by atoms with E-state index in [0.717, 1.165) is 12.8 Å². The largest absolute Gasteiger partial charge is 0.246 e. The minimum absolute atomic E-state index is 0.104. The summed E-state index contributed by atoms with van der Waals surface area (Å²) in [5.74, 6) is -0.0295. The van der Waals surface area contributed by atoms with Gasteiger partial charge in [-0.05, 0) is 24.5 Å². The Labute approximate surface area is 129 Å². The first-order chi connectivity index (χ1) is 10.5. The Morgan fingerprint density at radius 1 is 1.36 bits per heavy atom. The second-order valence-corrected chi connectivity index (χ2v) is 7.44. The third-order valence-corrected chi connectivity index (χ3v) is 5.94. The van der Waals surface area contributed by atoms with Crippen LogP contribution in [0.25, 0.3) is 5.69 Å². The van der Waals surface area contributed by atoms with E-state index in [4.69, 9.17) is 0 Å². The lowest BCUT2D eigenvalue weighted by Gasteiger charge is -2.14. The van der Waals surface area contributed by atoms with Crippen molar-refractivity contribution in [2.45, 2.75) is 24.7 Å². The number of hydrogen-bond acceptors (Lipinski definition) is 3. The van der Waals surface area contributed by atoms with Crippen LogP contribution in [0.2, 0.25) is 0 Å². The van der Waals surface area contributed by atoms with E-state index >= 15 is 0 Å². The molecule has 2 heterocycles. The van der Waals surface area contributed by atoms with Crippen molar-refractivity contribution in [1.29, 1.82) is 0 Å². The molecule has 0 amide bonds. The van der Waals surface area contributed by atoms with Crippen LogP contribution in [0.4, 0.5) is 4.39 Å². The van der Waals surface area contributed by atoms with Gasteiger partial charge in [0.15, 0.2) is 0 Å². The van der Waals surface area contributed by atoms with Crippen LogP contribution < -0.4 is 0 Å². The summed E-state index contributed by atoms with van der Waals surface area (Å²) in [6, 6.07) is 6.13. The van der Waals surface area contributed by atoms with Crippen LogP contribution in [0.1, 0.15) is 19.8 Å². The molecule has 0 spiro atoms. The number of halogens is 1. The Kier molecular flexibility index (Phi) is 4.01. The summed E-state index contributed by atoms with van der Waals surface area (Å²) in [5.41, 5.74) is 0.233. The van der Waals surface area contributed by atoms with Crippen LogP contribution in [-0.2, 0) is 10.0 Å². The van der Waals surface area contributed by atoms with Crippen molar-refractivity contribution in [3.63, 3.8) is 0 Å². The molecule has 1 aliphatic rings. The first-order valence-electron chi connectivity index (χ1n) is 7.32. The molecule has 5 nitrogen and oxygen atoms in total. The average molecular weight is 323 g/mol.